The number of carbonyl (C=O) groups is 2. The molecule has 0 saturated heterocycles. The molecule has 3 aromatic rings. The van der Waals surface area contributed by atoms with Crippen LogP contribution in [0.2, 0.25) is 5.02 Å². The zero-order valence-electron chi connectivity index (χ0n) is 19.1. The second-order valence-corrected chi connectivity index (χ2v) is 8.03. The quantitative estimate of drug-likeness (QED) is 0.396. The first kappa shape index (κ1) is 27.6. The first-order valence-electron chi connectivity index (χ1n) is 10.5. The Morgan fingerprint density at radius 3 is 2.46 bits per heavy atom. The second kappa shape index (κ2) is 10.6. The molecular weight excluding hydrogens is 531 g/mol. The fourth-order valence-electron chi connectivity index (χ4n) is 3.17. The maximum Gasteiger partial charge on any atom is 0.425 e. The summed E-state index contributed by atoms with van der Waals surface area (Å²) in [4.78, 5) is 37.1. The van der Waals surface area contributed by atoms with Crippen LogP contribution in [-0.2, 0) is 6.54 Å². The number of rotatable bonds is 8. The number of hydrogen-bond donors (Lipinski definition) is 2. The number of amides is 1. The number of nitrogens with one attached hydrogen (secondary N) is 1. The Morgan fingerprint density at radius 1 is 1.22 bits per heavy atom. The molecule has 0 radical (unpaired) electrons. The lowest BCUT2D eigenvalue weighted by Gasteiger charge is -2.20. The lowest BCUT2D eigenvalue weighted by molar-refractivity contribution is -0.189. The van der Waals surface area contributed by atoms with E-state index in [0.29, 0.717) is 30.2 Å². The summed E-state index contributed by atoms with van der Waals surface area (Å²) in [7, 11) is 0. The van der Waals surface area contributed by atoms with E-state index in [2.05, 4.69) is 10.4 Å². The summed E-state index contributed by atoms with van der Waals surface area (Å²) in [6, 6.07) is 4.46. The van der Waals surface area contributed by atoms with Crippen molar-refractivity contribution in [2.45, 2.75) is 39.1 Å². The molecule has 1 amide bonds. The molecule has 15 heteroatoms. The van der Waals surface area contributed by atoms with Crippen LogP contribution in [0.25, 0.3) is 5.69 Å². The van der Waals surface area contributed by atoms with Crippen molar-refractivity contribution in [3.8, 4) is 11.4 Å². The first-order valence-corrected chi connectivity index (χ1v) is 10.9. The van der Waals surface area contributed by atoms with Gasteiger partial charge in [-0.15, -0.1) is 5.10 Å². The largest absolute Gasteiger partial charge is 0.480 e. The van der Waals surface area contributed by atoms with Crippen LogP contribution in [0.15, 0.2) is 35.1 Å². The molecule has 37 heavy (non-hydrogen) atoms. The van der Waals surface area contributed by atoms with Crippen LogP contribution >= 0.6 is 11.6 Å². The van der Waals surface area contributed by atoms with E-state index < -0.39 is 70.0 Å². The van der Waals surface area contributed by atoms with Crippen molar-refractivity contribution in [3.63, 3.8) is 0 Å². The van der Waals surface area contributed by atoms with Gasteiger partial charge in [-0.05, 0) is 31.5 Å². The number of hydrogen-bond acceptors (Lipinski definition) is 5. The van der Waals surface area contributed by atoms with E-state index >= 15 is 4.39 Å². The van der Waals surface area contributed by atoms with Gasteiger partial charge >= 0.3 is 17.8 Å². The molecule has 1 heterocycles. The lowest BCUT2D eigenvalue weighted by atomic mass is 10.1. The van der Waals surface area contributed by atoms with Crippen LogP contribution in [0.5, 0.6) is 5.75 Å². The number of aromatic carboxylic acids is 1. The summed E-state index contributed by atoms with van der Waals surface area (Å²) in [5, 5.41) is 14.7. The molecule has 0 bridgehead atoms. The van der Waals surface area contributed by atoms with E-state index in [4.69, 9.17) is 16.3 Å². The third kappa shape index (κ3) is 5.74. The summed E-state index contributed by atoms with van der Waals surface area (Å²) in [5.74, 6) is -6.79. The van der Waals surface area contributed by atoms with Gasteiger partial charge in [-0.2, -0.15) is 17.9 Å². The highest BCUT2D eigenvalue weighted by atomic mass is 35.5. The highest BCUT2D eigenvalue weighted by Gasteiger charge is 2.39. The molecule has 3 rings (SSSR count). The number of halogens is 6. The SMILES string of the molecule is CCCn1c(C(=O)O)nn(-c2cc(OC(C)C(F)(F)F)c(C(=O)Nc3c(F)cccc3Cl)cc2F)c1=O. The predicted molar refractivity (Wildman–Crippen MR) is 121 cm³/mol. The molecular formula is C22H18ClF5N4O5. The van der Waals surface area contributed by atoms with Crippen molar-refractivity contribution < 1.29 is 41.4 Å². The van der Waals surface area contributed by atoms with Crippen molar-refractivity contribution in [1.82, 2.24) is 14.3 Å². The molecule has 0 spiro atoms. The third-order valence-corrected chi connectivity index (χ3v) is 5.30. The second-order valence-electron chi connectivity index (χ2n) is 7.63. The van der Waals surface area contributed by atoms with Gasteiger partial charge in [0.05, 0.1) is 16.3 Å². The van der Waals surface area contributed by atoms with Crippen LogP contribution < -0.4 is 15.7 Å². The van der Waals surface area contributed by atoms with E-state index in [1.165, 1.54) is 12.1 Å². The Bertz CT molecular complexity index is 1400. The molecule has 0 aliphatic rings. The highest BCUT2D eigenvalue weighted by Crippen LogP contribution is 2.32. The molecule has 198 valence electrons. The molecule has 1 atom stereocenters. The summed E-state index contributed by atoms with van der Waals surface area (Å²) in [6.45, 7) is 2.15. The van der Waals surface area contributed by atoms with Gasteiger partial charge in [0.15, 0.2) is 6.10 Å². The number of para-hydroxylation sites is 1. The van der Waals surface area contributed by atoms with Crippen LogP contribution in [0.1, 0.15) is 41.2 Å². The third-order valence-electron chi connectivity index (χ3n) is 4.99. The maximum absolute atomic E-state index is 15.1. The van der Waals surface area contributed by atoms with Crippen LogP contribution in [0.3, 0.4) is 0 Å². The monoisotopic (exact) mass is 548 g/mol. The number of carboxylic acids is 1. The average molecular weight is 549 g/mol. The number of ether oxygens (including phenoxy) is 1. The topological polar surface area (TPSA) is 115 Å². The van der Waals surface area contributed by atoms with Crippen LogP contribution in [0.4, 0.5) is 27.6 Å². The zero-order valence-corrected chi connectivity index (χ0v) is 19.8. The summed E-state index contributed by atoms with van der Waals surface area (Å²) < 4.78 is 74.8. The molecule has 2 aromatic carbocycles. The Kier molecular flexibility index (Phi) is 7.91. The summed E-state index contributed by atoms with van der Waals surface area (Å²) in [6.07, 6.45) is -7.10. The minimum Gasteiger partial charge on any atom is -0.480 e. The number of anilines is 1. The fourth-order valence-corrected chi connectivity index (χ4v) is 3.38. The van der Waals surface area contributed by atoms with Crippen molar-refractivity contribution >= 4 is 29.2 Å². The molecule has 0 aliphatic heterocycles. The minimum atomic E-state index is -4.91. The average Bonchev–Trinajstić information content (AvgIpc) is 3.13. The molecule has 9 nitrogen and oxygen atoms in total. The van der Waals surface area contributed by atoms with E-state index in [0.717, 1.165) is 10.6 Å². The Hall–Kier alpha value is -3.94. The van der Waals surface area contributed by atoms with E-state index in [1.807, 2.05) is 0 Å². The van der Waals surface area contributed by atoms with Crippen molar-refractivity contribution in [2.24, 2.45) is 0 Å². The van der Waals surface area contributed by atoms with Gasteiger partial charge in [-0.3, -0.25) is 9.36 Å². The standard InChI is InChI=1S/C22H18ClF5N4O5/c1-3-7-31-18(20(34)35)30-32(21(31)36)15-9-16(37-10(2)22(26,27)28)11(8-14(15)25)19(33)29-17-12(23)5-4-6-13(17)24/h4-6,8-10H,3,7H2,1-2H3,(H,29,33)(H,34,35). The molecule has 1 unspecified atom stereocenters. The highest BCUT2D eigenvalue weighted by molar-refractivity contribution is 6.34. The van der Waals surface area contributed by atoms with Gasteiger partial charge in [0.2, 0.25) is 5.82 Å². The van der Waals surface area contributed by atoms with Gasteiger partial charge in [0, 0.05) is 12.6 Å². The molecule has 1 aromatic heterocycles. The molecule has 0 saturated carbocycles. The zero-order chi connectivity index (χ0) is 27.7. The minimum absolute atomic E-state index is 0.0968. The van der Waals surface area contributed by atoms with Crippen LogP contribution in [-0.4, -0.2) is 43.6 Å². The Labute approximate surface area is 210 Å². The van der Waals surface area contributed by atoms with E-state index in [1.54, 1.807) is 6.92 Å². The number of nitrogens with zero attached hydrogens (tertiary/aromatic N) is 3. The van der Waals surface area contributed by atoms with Crippen molar-refractivity contribution in [2.75, 3.05) is 5.32 Å². The van der Waals surface area contributed by atoms with E-state index in [9.17, 15) is 37.1 Å². The summed E-state index contributed by atoms with van der Waals surface area (Å²) >= 11 is 5.86. The van der Waals surface area contributed by atoms with Gasteiger partial charge < -0.3 is 15.2 Å². The number of aromatic nitrogens is 3. The fraction of sp³-hybridized carbons (Fsp3) is 0.273. The first-order chi connectivity index (χ1) is 17.3. The van der Waals surface area contributed by atoms with Gasteiger partial charge in [0.25, 0.3) is 5.91 Å². The van der Waals surface area contributed by atoms with Crippen molar-refractivity contribution in [3.05, 3.63) is 68.9 Å². The maximum atomic E-state index is 15.1. The smallest absolute Gasteiger partial charge is 0.425 e. The van der Waals surface area contributed by atoms with E-state index in [-0.39, 0.29) is 11.6 Å². The number of benzene rings is 2. The van der Waals surface area contributed by atoms with Crippen molar-refractivity contribution in [1.29, 1.82) is 0 Å². The molecule has 2 N–H and O–H groups in total. The number of alkyl halides is 3. The van der Waals surface area contributed by atoms with Gasteiger partial charge in [0.1, 0.15) is 23.1 Å². The normalized spacial score (nSPS) is 12.3. The molecule has 0 aliphatic carbocycles. The van der Waals surface area contributed by atoms with Gasteiger partial charge in [-0.1, -0.05) is 24.6 Å². The number of carboxylic acid groups (broad SMARTS) is 1. The summed E-state index contributed by atoms with van der Waals surface area (Å²) in [5.41, 5.74) is -3.19. The van der Waals surface area contributed by atoms with Crippen LogP contribution in [0, 0.1) is 11.6 Å². The number of carbonyl (C=O) groups excluding carboxylic acids is 1. The van der Waals surface area contributed by atoms with Gasteiger partial charge in [-0.25, -0.2) is 18.4 Å². The Morgan fingerprint density at radius 2 is 1.89 bits per heavy atom. The Balaban J connectivity index is 2.18. The predicted octanol–water partition coefficient (Wildman–Crippen LogP) is 4.66. The lowest BCUT2D eigenvalue weighted by Crippen LogP contribution is -2.32. The molecule has 0 fully saturated rings.